The molecule has 0 atom stereocenters. The fourth-order valence-corrected chi connectivity index (χ4v) is 1.14. The summed E-state index contributed by atoms with van der Waals surface area (Å²) in [6.07, 6.45) is 1.77. The summed E-state index contributed by atoms with van der Waals surface area (Å²) in [5.41, 5.74) is 2.02. The molecule has 2 rings (SSSR count). The third-order valence-electron chi connectivity index (χ3n) is 1.72. The maximum Gasteiger partial charge on any atom is 0.235 e. The fraction of sp³-hybridized carbons (Fsp3) is 0.333. The molecule has 0 saturated carbocycles. The molecule has 0 saturated heterocycles. The molecule has 0 aliphatic carbocycles. The van der Waals surface area contributed by atoms with Gasteiger partial charge in [0.1, 0.15) is 12.3 Å². The minimum Gasteiger partial charge on any atom is -0.474 e. The Morgan fingerprint density at radius 2 is 2.42 bits per heavy atom. The summed E-state index contributed by atoms with van der Waals surface area (Å²) in [5.74, 6) is 0.679. The van der Waals surface area contributed by atoms with Crippen molar-refractivity contribution in [2.45, 2.75) is 6.92 Å². The Balaban J connectivity index is 2.33. The number of nitrogens with zero attached hydrogens (tertiary/aromatic N) is 2. The molecule has 3 nitrogen and oxygen atoms in total. The van der Waals surface area contributed by atoms with Gasteiger partial charge in [0.05, 0.1) is 6.54 Å². The first-order valence-corrected chi connectivity index (χ1v) is 3.96. The van der Waals surface area contributed by atoms with Crippen molar-refractivity contribution in [3.05, 3.63) is 29.6 Å². The minimum atomic E-state index is 0.679. The van der Waals surface area contributed by atoms with E-state index in [0.717, 1.165) is 12.2 Å². The lowest BCUT2D eigenvalue weighted by Crippen LogP contribution is -2.03. The second-order valence-corrected chi connectivity index (χ2v) is 2.75. The van der Waals surface area contributed by atoms with Crippen LogP contribution in [0.4, 0.5) is 0 Å². The first-order valence-electron chi connectivity index (χ1n) is 3.96. The number of hydrogen-bond donors (Lipinski definition) is 0. The predicted octanol–water partition coefficient (Wildman–Crippen LogP) is 1.17. The predicted molar refractivity (Wildman–Crippen MR) is 46.3 cm³/mol. The highest BCUT2D eigenvalue weighted by Crippen LogP contribution is 2.06. The molecule has 0 fully saturated rings. The van der Waals surface area contributed by atoms with E-state index in [9.17, 15) is 0 Å². The zero-order chi connectivity index (χ0) is 8.39. The molecule has 1 aliphatic rings. The first-order chi connectivity index (χ1) is 5.86. The van der Waals surface area contributed by atoms with E-state index in [1.807, 2.05) is 19.1 Å². The van der Waals surface area contributed by atoms with E-state index in [1.165, 1.54) is 5.56 Å². The molecule has 12 heavy (non-hydrogen) atoms. The average molecular weight is 162 g/mol. The van der Waals surface area contributed by atoms with Crippen LogP contribution >= 0.6 is 0 Å². The van der Waals surface area contributed by atoms with E-state index < -0.39 is 0 Å². The van der Waals surface area contributed by atoms with Crippen LogP contribution in [0.25, 0.3) is 0 Å². The molecular weight excluding hydrogens is 152 g/mol. The Morgan fingerprint density at radius 1 is 1.50 bits per heavy atom. The lowest BCUT2D eigenvalue weighted by atomic mass is 10.2. The standard InChI is InChI=1S/C9H10N2O/c1-7-2-3-10-8(6-7)9-11-4-5-12-9/h2-3,6H,4-5H2,1H3. The Hall–Kier alpha value is -1.38. The van der Waals surface area contributed by atoms with Gasteiger partial charge < -0.3 is 4.74 Å². The average Bonchev–Trinajstić information content (AvgIpc) is 2.56. The summed E-state index contributed by atoms with van der Waals surface area (Å²) in [7, 11) is 0. The maximum atomic E-state index is 5.28. The van der Waals surface area contributed by atoms with Crippen LogP contribution in [0.15, 0.2) is 23.3 Å². The fourth-order valence-electron chi connectivity index (χ4n) is 1.14. The van der Waals surface area contributed by atoms with Gasteiger partial charge in [-0.25, -0.2) is 4.99 Å². The second kappa shape index (κ2) is 2.93. The number of ether oxygens (including phenoxy) is 1. The molecule has 0 aromatic carbocycles. The van der Waals surface area contributed by atoms with Gasteiger partial charge in [0.15, 0.2) is 0 Å². The Labute approximate surface area is 71.1 Å². The quantitative estimate of drug-likeness (QED) is 0.621. The van der Waals surface area contributed by atoms with Crippen molar-refractivity contribution in [2.24, 2.45) is 4.99 Å². The van der Waals surface area contributed by atoms with E-state index in [-0.39, 0.29) is 0 Å². The second-order valence-electron chi connectivity index (χ2n) is 2.75. The number of pyridine rings is 1. The van der Waals surface area contributed by atoms with Crippen molar-refractivity contribution < 1.29 is 4.74 Å². The molecule has 3 heteroatoms. The molecule has 62 valence electrons. The van der Waals surface area contributed by atoms with E-state index >= 15 is 0 Å². The Bertz CT molecular complexity index is 320. The summed E-state index contributed by atoms with van der Waals surface area (Å²) in [6, 6.07) is 3.93. The van der Waals surface area contributed by atoms with Gasteiger partial charge >= 0.3 is 0 Å². The van der Waals surface area contributed by atoms with E-state index in [0.29, 0.717) is 12.5 Å². The third kappa shape index (κ3) is 1.30. The maximum absolute atomic E-state index is 5.28. The van der Waals surface area contributed by atoms with Crippen molar-refractivity contribution in [1.29, 1.82) is 0 Å². The van der Waals surface area contributed by atoms with Gasteiger partial charge in [0.2, 0.25) is 5.90 Å². The number of rotatable bonds is 1. The van der Waals surface area contributed by atoms with Gasteiger partial charge in [0, 0.05) is 6.20 Å². The van der Waals surface area contributed by atoms with Gasteiger partial charge in [0.25, 0.3) is 0 Å². The number of aliphatic imine (C=N–C) groups is 1. The van der Waals surface area contributed by atoms with Crippen molar-refractivity contribution in [2.75, 3.05) is 13.2 Å². The molecule has 0 amide bonds. The summed E-state index contributed by atoms with van der Waals surface area (Å²) < 4.78 is 5.28. The van der Waals surface area contributed by atoms with Gasteiger partial charge in [-0.05, 0) is 24.6 Å². The Morgan fingerprint density at radius 3 is 3.08 bits per heavy atom. The molecule has 0 spiro atoms. The molecule has 0 radical (unpaired) electrons. The summed E-state index contributed by atoms with van der Waals surface area (Å²) in [4.78, 5) is 8.34. The molecule has 1 aliphatic heterocycles. The van der Waals surface area contributed by atoms with Crippen molar-refractivity contribution in [3.8, 4) is 0 Å². The van der Waals surface area contributed by atoms with Crippen molar-refractivity contribution in [3.63, 3.8) is 0 Å². The largest absolute Gasteiger partial charge is 0.474 e. The molecule has 0 bridgehead atoms. The zero-order valence-electron chi connectivity index (χ0n) is 6.95. The topological polar surface area (TPSA) is 34.5 Å². The van der Waals surface area contributed by atoms with Crippen LogP contribution in [-0.4, -0.2) is 24.0 Å². The molecule has 2 heterocycles. The molecule has 1 aromatic rings. The Kier molecular flexibility index (Phi) is 1.78. The van der Waals surface area contributed by atoms with Crippen LogP contribution < -0.4 is 0 Å². The van der Waals surface area contributed by atoms with Crippen molar-refractivity contribution >= 4 is 5.90 Å². The van der Waals surface area contributed by atoms with Crippen LogP contribution in [0.3, 0.4) is 0 Å². The molecule has 0 unspecified atom stereocenters. The summed E-state index contributed by atoms with van der Waals surface area (Å²) in [5, 5.41) is 0. The molecule has 0 N–H and O–H groups in total. The highest BCUT2D eigenvalue weighted by molar-refractivity contribution is 5.93. The highest BCUT2D eigenvalue weighted by Gasteiger charge is 2.10. The number of hydrogen-bond acceptors (Lipinski definition) is 3. The van der Waals surface area contributed by atoms with Crippen LogP contribution in [0, 0.1) is 6.92 Å². The summed E-state index contributed by atoms with van der Waals surface area (Å²) in [6.45, 7) is 3.47. The lowest BCUT2D eigenvalue weighted by molar-refractivity contribution is 0.347. The van der Waals surface area contributed by atoms with Crippen LogP contribution in [0.5, 0.6) is 0 Å². The lowest BCUT2D eigenvalue weighted by Gasteiger charge is -2.00. The minimum absolute atomic E-state index is 0.679. The monoisotopic (exact) mass is 162 g/mol. The molecule has 1 aromatic heterocycles. The first kappa shape index (κ1) is 7.28. The zero-order valence-corrected chi connectivity index (χ0v) is 6.95. The van der Waals surface area contributed by atoms with E-state index in [2.05, 4.69) is 9.98 Å². The van der Waals surface area contributed by atoms with Crippen LogP contribution in [0.1, 0.15) is 11.3 Å². The van der Waals surface area contributed by atoms with Crippen LogP contribution in [0.2, 0.25) is 0 Å². The van der Waals surface area contributed by atoms with Gasteiger partial charge in [-0.3, -0.25) is 4.98 Å². The SMILES string of the molecule is Cc1ccnc(C2=NCCO2)c1. The number of aromatic nitrogens is 1. The smallest absolute Gasteiger partial charge is 0.235 e. The normalized spacial score (nSPS) is 15.6. The van der Waals surface area contributed by atoms with Crippen LogP contribution in [-0.2, 0) is 4.74 Å². The van der Waals surface area contributed by atoms with Gasteiger partial charge in [-0.1, -0.05) is 0 Å². The van der Waals surface area contributed by atoms with Crippen molar-refractivity contribution in [1.82, 2.24) is 4.98 Å². The third-order valence-corrected chi connectivity index (χ3v) is 1.72. The summed E-state index contributed by atoms with van der Waals surface area (Å²) >= 11 is 0. The van der Waals surface area contributed by atoms with E-state index in [4.69, 9.17) is 4.74 Å². The highest BCUT2D eigenvalue weighted by atomic mass is 16.5. The van der Waals surface area contributed by atoms with Gasteiger partial charge in [-0.15, -0.1) is 0 Å². The van der Waals surface area contributed by atoms with E-state index in [1.54, 1.807) is 6.20 Å². The van der Waals surface area contributed by atoms with Gasteiger partial charge in [-0.2, -0.15) is 0 Å². The number of aryl methyl sites for hydroxylation is 1. The molecular formula is C9H10N2O.